The van der Waals surface area contributed by atoms with Gasteiger partial charge in [-0.25, -0.2) is 0 Å². The summed E-state index contributed by atoms with van der Waals surface area (Å²) in [6, 6.07) is 0. The first kappa shape index (κ1) is 7.82. The average molecular weight is 133 g/mol. The molecule has 0 fully saturated rings. The lowest BCUT2D eigenvalue weighted by molar-refractivity contribution is -0.120. The van der Waals surface area contributed by atoms with Crippen molar-refractivity contribution in [2.24, 2.45) is 0 Å². The van der Waals surface area contributed by atoms with Gasteiger partial charge in [0.15, 0.2) is 0 Å². The predicted molar refractivity (Wildman–Crippen MR) is 37.1 cm³/mol. The second kappa shape index (κ2) is 4.97. The fourth-order valence-electron chi connectivity index (χ4n) is 0.320. The first-order valence-electron chi connectivity index (χ1n) is 2.50. The lowest BCUT2D eigenvalue weighted by Crippen LogP contribution is -2.17. The van der Waals surface area contributed by atoms with Gasteiger partial charge in [-0.3, -0.25) is 4.79 Å². The number of hydrogen-bond acceptors (Lipinski definition) is 2. The van der Waals surface area contributed by atoms with Crippen LogP contribution in [-0.4, -0.2) is 25.0 Å². The van der Waals surface area contributed by atoms with Crippen LogP contribution < -0.4 is 5.32 Å². The van der Waals surface area contributed by atoms with Gasteiger partial charge in [0.25, 0.3) is 0 Å². The van der Waals surface area contributed by atoms with Gasteiger partial charge in [0, 0.05) is 19.2 Å². The quantitative estimate of drug-likeness (QED) is 0.607. The standard InChI is InChI=1S/C5H11NOS/c1-6-5(7)3-4-8-2/h3-4H2,1-2H3,(H,6,7). The van der Waals surface area contributed by atoms with E-state index in [4.69, 9.17) is 0 Å². The van der Waals surface area contributed by atoms with E-state index < -0.39 is 0 Å². The third-order valence-corrected chi connectivity index (χ3v) is 1.42. The van der Waals surface area contributed by atoms with Crippen LogP contribution in [0.15, 0.2) is 0 Å². The summed E-state index contributed by atoms with van der Waals surface area (Å²) in [7, 11) is 1.66. The van der Waals surface area contributed by atoms with Crippen molar-refractivity contribution in [2.45, 2.75) is 6.42 Å². The summed E-state index contributed by atoms with van der Waals surface area (Å²) < 4.78 is 0. The summed E-state index contributed by atoms with van der Waals surface area (Å²) in [6.45, 7) is 0. The van der Waals surface area contributed by atoms with Crippen molar-refractivity contribution in [1.82, 2.24) is 5.32 Å². The lowest BCUT2D eigenvalue weighted by atomic mass is 10.5. The molecule has 0 atom stereocenters. The molecular weight excluding hydrogens is 122 g/mol. The molecule has 0 saturated carbocycles. The van der Waals surface area contributed by atoms with Crippen LogP contribution in [0.3, 0.4) is 0 Å². The second-order valence-electron chi connectivity index (χ2n) is 1.42. The van der Waals surface area contributed by atoms with Crippen molar-refractivity contribution >= 4 is 17.7 Å². The highest BCUT2D eigenvalue weighted by Gasteiger charge is 1.92. The molecule has 0 unspecified atom stereocenters. The summed E-state index contributed by atoms with van der Waals surface area (Å²) in [5.41, 5.74) is 0. The Labute approximate surface area is 54.0 Å². The topological polar surface area (TPSA) is 29.1 Å². The van der Waals surface area contributed by atoms with Crippen LogP contribution in [0.2, 0.25) is 0 Å². The molecule has 0 aliphatic carbocycles. The molecule has 1 amide bonds. The molecule has 0 bridgehead atoms. The van der Waals surface area contributed by atoms with Crippen LogP contribution in [-0.2, 0) is 4.79 Å². The third-order valence-electron chi connectivity index (χ3n) is 0.812. The highest BCUT2D eigenvalue weighted by Crippen LogP contribution is 1.93. The lowest BCUT2D eigenvalue weighted by Gasteiger charge is -1.94. The predicted octanol–water partition coefficient (Wildman–Crippen LogP) is 0.485. The highest BCUT2D eigenvalue weighted by atomic mass is 32.2. The van der Waals surface area contributed by atoms with E-state index in [0.717, 1.165) is 5.75 Å². The van der Waals surface area contributed by atoms with Gasteiger partial charge in [-0.05, 0) is 6.26 Å². The minimum absolute atomic E-state index is 0.124. The fraction of sp³-hybridized carbons (Fsp3) is 0.800. The van der Waals surface area contributed by atoms with E-state index in [0.29, 0.717) is 6.42 Å². The number of nitrogens with one attached hydrogen (secondary N) is 1. The maximum atomic E-state index is 10.4. The molecule has 0 aliphatic heterocycles. The van der Waals surface area contributed by atoms with Gasteiger partial charge in [-0.15, -0.1) is 0 Å². The van der Waals surface area contributed by atoms with Crippen LogP contribution in [0, 0.1) is 0 Å². The summed E-state index contributed by atoms with van der Waals surface area (Å²) >= 11 is 1.68. The SMILES string of the molecule is CNC(=O)CCSC. The minimum Gasteiger partial charge on any atom is -0.359 e. The van der Waals surface area contributed by atoms with Crippen molar-refractivity contribution in [3.8, 4) is 0 Å². The first-order valence-corrected chi connectivity index (χ1v) is 3.90. The number of carbonyl (C=O) groups excluding carboxylic acids is 1. The van der Waals surface area contributed by atoms with E-state index in [9.17, 15) is 4.79 Å². The van der Waals surface area contributed by atoms with Gasteiger partial charge in [0.05, 0.1) is 0 Å². The molecule has 0 aromatic rings. The van der Waals surface area contributed by atoms with Gasteiger partial charge in [0.2, 0.25) is 5.91 Å². The molecule has 1 N–H and O–H groups in total. The van der Waals surface area contributed by atoms with Gasteiger partial charge >= 0.3 is 0 Å². The number of hydrogen-bond donors (Lipinski definition) is 1. The highest BCUT2D eigenvalue weighted by molar-refractivity contribution is 7.98. The van der Waals surface area contributed by atoms with Gasteiger partial charge < -0.3 is 5.32 Å². The zero-order valence-corrected chi connectivity index (χ0v) is 6.05. The van der Waals surface area contributed by atoms with E-state index in [1.807, 2.05) is 6.26 Å². The van der Waals surface area contributed by atoms with E-state index in [2.05, 4.69) is 5.32 Å². The molecule has 0 aliphatic rings. The maximum Gasteiger partial charge on any atom is 0.220 e. The van der Waals surface area contributed by atoms with Crippen LogP contribution in [0.4, 0.5) is 0 Å². The Balaban J connectivity index is 2.99. The average Bonchev–Trinajstić information content (AvgIpc) is 1.83. The van der Waals surface area contributed by atoms with Crippen LogP contribution >= 0.6 is 11.8 Å². The minimum atomic E-state index is 0.124. The van der Waals surface area contributed by atoms with Gasteiger partial charge in [0.1, 0.15) is 0 Å². The van der Waals surface area contributed by atoms with Crippen molar-refractivity contribution in [2.75, 3.05) is 19.1 Å². The Morgan fingerprint density at radius 3 is 2.75 bits per heavy atom. The Morgan fingerprint density at radius 1 is 1.75 bits per heavy atom. The van der Waals surface area contributed by atoms with E-state index >= 15 is 0 Å². The number of rotatable bonds is 3. The molecule has 0 rings (SSSR count). The van der Waals surface area contributed by atoms with Crippen LogP contribution in [0.25, 0.3) is 0 Å². The largest absolute Gasteiger partial charge is 0.359 e. The smallest absolute Gasteiger partial charge is 0.220 e. The van der Waals surface area contributed by atoms with Gasteiger partial charge in [-0.1, -0.05) is 0 Å². The second-order valence-corrected chi connectivity index (χ2v) is 2.40. The maximum absolute atomic E-state index is 10.4. The Kier molecular flexibility index (Phi) is 4.85. The molecular formula is C5H11NOS. The Morgan fingerprint density at radius 2 is 2.38 bits per heavy atom. The molecule has 0 heterocycles. The zero-order valence-electron chi connectivity index (χ0n) is 5.23. The molecule has 0 aromatic carbocycles. The van der Waals surface area contributed by atoms with E-state index in [-0.39, 0.29) is 5.91 Å². The molecule has 2 nitrogen and oxygen atoms in total. The molecule has 0 spiro atoms. The van der Waals surface area contributed by atoms with E-state index in [1.54, 1.807) is 18.8 Å². The van der Waals surface area contributed by atoms with Crippen molar-refractivity contribution in [1.29, 1.82) is 0 Å². The summed E-state index contributed by atoms with van der Waals surface area (Å²) in [5, 5.41) is 2.55. The van der Waals surface area contributed by atoms with Crippen LogP contribution in [0.5, 0.6) is 0 Å². The fourth-order valence-corrected chi connectivity index (χ4v) is 0.709. The molecule has 3 heteroatoms. The summed E-state index contributed by atoms with van der Waals surface area (Å²) in [6.07, 6.45) is 2.63. The van der Waals surface area contributed by atoms with Crippen molar-refractivity contribution in [3.63, 3.8) is 0 Å². The van der Waals surface area contributed by atoms with Crippen molar-refractivity contribution < 1.29 is 4.79 Å². The molecule has 48 valence electrons. The molecule has 0 radical (unpaired) electrons. The third kappa shape index (κ3) is 3.99. The van der Waals surface area contributed by atoms with Gasteiger partial charge in [-0.2, -0.15) is 11.8 Å². The number of amides is 1. The van der Waals surface area contributed by atoms with E-state index in [1.165, 1.54) is 0 Å². The van der Waals surface area contributed by atoms with Crippen molar-refractivity contribution in [3.05, 3.63) is 0 Å². The molecule has 8 heavy (non-hydrogen) atoms. The molecule has 0 aromatic heterocycles. The monoisotopic (exact) mass is 133 g/mol. The summed E-state index contributed by atoms with van der Waals surface area (Å²) in [4.78, 5) is 10.4. The zero-order chi connectivity index (χ0) is 6.41. The number of thioether (sulfide) groups is 1. The Bertz CT molecular complexity index is 74.8. The Hall–Kier alpha value is -0.180. The van der Waals surface area contributed by atoms with Crippen LogP contribution in [0.1, 0.15) is 6.42 Å². The summed E-state index contributed by atoms with van der Waals surface area (Å²) in [5.74, 6) is 1.04. The number of carbonyl (C=O) groups is 1. The molecule has 0 saturated heterocycles. The normalized spacial score (nSPS) is 8.75. The first-order chi connectivity index (χ1) is 3.81.